The molecule has 1 saturated heterocycles. The Labute approximate surface area is 84.2 Å². The van der Waals surface area contributed by atoms with E-state index in [2.05, 4.69) is 15.3 Å². The average Bonchev–Trinajstić information content (AvgIpc) is 2.59. The van der Waals surface area contributed by atoms with Crippen LogP contribution in [0.3, 0.4) is 0 Å². The lowest BCUT2D eigenvalue weighted by atomic mass is 10.2. The summed E-state index contributed by atoms with van der Waals surface area (Å²) in [6.45, 7) is 1.14. The third-order valence-electron chi connectivity index (χ3n) is 1.96. The Bertz CT molecular complexity index is 194. The number of hydrogen-bond donors (Lipinski definition) is 2. The van der Waals surface area contributed by atoms with E-state index in [1.807, 2.05) is 6.20 Å². The van der Waals surface area contributed by atoms with Gasteiger partial charge in [-0.15, -0.1) is 24.8 Å². The second-order valence-electron chi connectivity index (χ2n) is 2.66. The predicted molar refractivity (Wildman–Crippen MR) is 53.1 cm³/mol. The summed E-state index contributed by atoms with van der Waals surface area (Å²) in [5.74, 6) is 0. The van der Waals surface area contributed by atoms with E-state index in [-0.39, 0.29) is 24.8 Å². The van der Waals surface area contributed by atoms with Gasteiger partial charge in [-0.05, 0) is 19.4 Å². The van der Waals surface area contributed by atoms with Gasteiger partial charge in [-0.3, -0.25) is 0 Å². The maximum atomic E-state index is 3.97. The Kier molecular flexibility index (Phi) is 5.29. The first-order chi connectivity index (χ1) is 4.97. The van der Waals surface area contributed by atoms with E-state index in [1.54, 1.807) is 6.33 Å². The quantitative estimate of drug-likeness (QED) is 0.740. The van der Waals surface area contributed by atoms with Crippen LogP contribution in [0.25, 0.3) is 0 Å². The second kappa shape index (κ2) is 5.41. The topological polar surface area (TPSA) is 40.7 Å². The Hall–Kier alpha value is -0.250. The van der Waals surface area contributed by atoms with Gasteiger partial charge in [0, 0.05) is 12.2 Å². The van der Waals surface area contributed by atoms with Gasteiger partial charge in [-0.2, -0.15) is 0 Å². The van der Waals surface area contributed by atoms with E-state index >= 15 is 0 Å². The van der Waals surface area contributed by atoms with Crippen LogP contribution in [0.1, 0.15) is 24.6 Å². The first-order valence-electron chi connectivity index (χ1n) is 3.68. The van der Waals surface area contributed by atoms with Gasteiger partial charge in [-0.1, -0.05) is 0 Å². The molecule has 0 aliphatic carbocycles. The standard InChI is InChI=1S/C7H11N3.2ClH/c1-2-6(9-3-1)7-4-8-5-10-7;;/h4-6,9H,1-3H2,(H,8,10);2*1H. The molecule has 1 aliphatic rings. The van der Waals surface area contributed by atoms with E-state index < -0.39 is 0 Å². The van der Waals surface area contributed by atoms with Crippen molar-refractivity contribution in [1.82, 2.24) is 15.3 Å². The van der Waals surface area contributed by atoms with Gasteiger partial charge in [-0.25, -0.2) is 4.98 Å². The molecule has 0 aromatic carbocycles. The summed E-state index contributed by atoms with van der Waals surface area (Å²) in [7, 11) is 0. The molecule has 2 heterocycles. The monoisotopic (exact) mass is 209 g/mol. The Morgan fingerprint density at radius 3 is 2.75 bits per heavy atom. The van der Waals surface area contributed by atoms with Gasteiger partial charge < -0.3 is 10.3 Å². The van der Waals surface area contributed by atoms with Crippen molar-refractivity contribution in [1.29, 1.82) is 0 Å². The Balaban J connectivity index is 0.000000605. The van der Waals surface area contributed by atoms with Gasteiger partial charge in [0.15, 0.2) is 0 Å². The fraction of sp³-hybridized carbons (Fsp3) is 0.571. The average molecular weight is 210 g/mol. The van der Waals surface area contributed by atoms with Crippen LogP contribution in [0.5, 0.6) is 0 Å². The molecule has 5 heteroatoms. The highest BCUT2D eigenvalue weighted by Crippen LogP contribution is 2.19. The molecule has 1 aromatic rings. The number of aromatic nitrogens is 2. The minimum absolute atomic E-state index is 0. The van der Waals surface area contributed by atoms with E-state index in [0.29, 0.717) is 6.04 Å². The third-order valence-corrected chi connectivity index (χ3v) is 1.96. The van der Waals surface area contributed by atoms with Gasteiger partial charge >= 0.3 is 0 Å². The lowest BCUT2D eigenvalue weighted by Crippen LogP contribution is -2.12. The highest BCUT2D eigenvalue weighted by atomic mass is 35.5. The molecule has 70 valence electrons. The molecule has 1 aromatic heterocycles. The molecule has 3 nitrogen and oxygen atoms in total. The van der Waals surface area contributed by atoms with Crippen molar-refractivity contribution < 1.29 is 0 Å². The number of rotatable bonds is 1. The van der Waals surface area contributed by atoms with Crippen molar-refractivity contribution in [3.63, 3.8) is 0 Å². The van der Waals surface area contributed by atoms with Crippen molar-refractivity contribution in [2.75, 3.05) is 6.54 Å². The van der Waals surface area contributed by atoms with Crippen molar-refractivity contribution in [3.05, 3.63) is 18.2 Å². The lowest BCUT2D eigenvalue weighted by molar-refractivity contribution is 0.631. The Morgan fingerprint density at radius 1 is 1.42 bits per heavy atom. The molecule has 1 unspecified atom stereocenters. The third kappa shape index (κ3) is 2.37. The fourth-order valence-corrected chi connectivity index (χ4v) is 1.41. The molecule has 1 fully saturated rings. The minimum atomic E-state index is 0. The van der Waals surface area contributed by atoms with Crippen LogP contribution in [0, 0.1) is 0 Å². The second-order valence-corrected chi connectivity index (χ2v) is 2.66. The maximum Gasteiger partial charge on any atom is 0.0922 e. The van der Waals surface area contributed by atoms with Crippen molar-refractivity contribution in [3.8, 4) is 0 Å². The molecule has 0 radical (unpaired) electrons. The minimum Gasteiger partial charge on any atom is -0.347 e. The van der Waals surface area contributed by atoms with Crippen LogP contribution >= 0.6 is 24.8 Å². The number of nitrogens with zero attached hydrogens (tertiary/aromatic N) is 1. The molecule has 0 saturated carbocycles. The molecule has 0 bridgehead atoms. The summed E-state index contributed by atoms with van der Waals surface area (Å²) in [5.41, 5.74) is 1.22. The van der Waals surface area contributed by atoms with Gasteiger partial charge in [0.2, 0.25) is 0 Å². The van der Waals surface area contributed by atoms with Crippen molar-refractivity contribution >= 4 is 24.8 Å². The van der Waals surface area contributed by atoms with E-state index in [1.165, 1.54) is 18.5 Å². The van der Waals surface area contributed by atoms with Crippen molar-refractivity contribution in [2.45, 2.75) is 18.9 Å². The predicted octanol–water partition coefficient (Wildman–Crippen LogP) is 1.68. The number of nitrogens with one attached hydrogen (secondary N) is 2. The highest BCUT2D eigenvalue weighted by Gasteiger charge is 2.16. The van der Waals surface area contributed by atoms with Crippen LogP contribution < -0.4 is 5.32 Å². The van der Waals surface area contributed by atoms with E-state index in [4.69, 9.17) is 0 Å². The lowest BCUT2D eigenvalue weighted by Gasteiger charge is -2.04. The zero-order valence-electron chi connectivity index (χ0n) is 6.62. The number of imidazole rings is 1. The molecule has 2 N–H and O–H groups in total. The maximum absolute atomic E-state index is 3.97. The fourth-order valence-electron chi connectivity index (χ4n) is 1.41. The first kappa shape index (κ1) is 11.8. The number of aromatic amines is 1. The zero-order valence-corrected chi connectivity index (χ0v) is 8.25. The summed E-state index contributed by atoms with van der Waals surface area (Å²) >= 11 is 0. The molecular formula is C7H13Cl2N3. The van der Waals surface area contributed by atoms with E-state index in [9.17, 15) is 0 Å². The van der Waals surface area contributed by atoms with Crippen LogP contribution in [0.15, 0.2) is 12.5 Å². The van der Waals surface area contributed by atoms with E-state index in [0.717, 1.165) is 6.54 Å². The van der Waals surface area contributed by atoms with Gasteiger partial charge in [0.1, 0.15) is 0 Å². The summed E-state index contributed by atoms with van der Waals surface area (Å²) in [6.07, 6.45) is 6.14. The normalized spacial score (nSPS) is 21.2. The molecule has 0 spiro atoms. The summed E-state index contributed by atoms with van der Waals surface area (Å²) < 4.78 is 0. The number of halogens is 2. The SMILES string of the molecule is Cl.Cl.c1ncc(C2CCCN2)[nH]1. The molecule has 12 heavy (non-hydrogen) atoms. The summed E-state index contributed by atoms with van der Waals surface area (Å²) in [5, 5.41) is 3.39. The van der Waals surface area contributed by atoms with Crippen LogP contribution in [-0.2, 0) is 0 Å². The highest BCUT2D eigenvalue weighted by molar-refractivity contribution is 5.85. The van der Waals surface area contributed by atoms with Crippen LogP contribution in [0.4, 0.5) is 0 Å². The largest absolute Gasteiger partial charge is 0.347 e. The van der Waals surface area contributed by atoms with Crippen LogP contribution in [-0.4, -0.2) is 16.5 Å². The van der Waals surface area contributed by atoms with Crippen molar-refractivity contribution in [2.24, 2.45) is 0 Å². The zero-order chi connectivity index (χ0) is 6.81. The first-order valence-corrected chi connectivity index (χ1v) is 3.68. The van der Waals surface area contributed by atoms with Gasteiger partial charge in [0.25, 0.3) is 0 Å². The summed E-state index contributed by atoms with van der Waals surface area (Å²) in [6, 6.07) is 0.530. The molecule has 2 rings (SSSR count). The molecular weight excluding hydrogens is 197 g/mol. The summed E-state index contributed by atoms with van der Waals surface area (Å²) in [4.78, 5) is 7.08. The molecule has 0 amide bonds. The molecule has 1 aliphatic heterocycles. The Morgan fingerprint density at radius 2 is 2.25 bits per heavy atom. The van der Waals surface area contributed by atoms with Gasteiger partial charge in [0.05, 0.1) is 12.0 Å². The number of hydrogen-bond acceptors (Lipinski definition) is 2. The molecule has 1 atom stereocenters. The number of H-pyrrole nitrogens is 1. The smallest absolute Gasteiger partial charge is 0.0922 e. The van der Waals surface area contributed by atoms with Crippen LogP contribution in [0.2, 0.25) is 0 Å².